The molecule has 0 bridgehead atoms. The molecule has 0 aliphatic rings. The number of rotatable bonds is 7. The molecule has 0 heterocycles. The van der Waals surface area contributed by atoms with Gasteiger partial charge in [-0.2, -0.15) is 18.4 Å². The van der Waals surface area contributed by atoms with Gasteiger partial charge >= 0.3 is 6.18 Å². The van der Waals surface area contributed by atoms with E-state index in [9.17, 15) is 18.0 Å². The van der Waals surface area contributed by atoms with Crippen LogP contribution in [0.2, 0.25) is 0 Å². The lowest BCUT2D eigenvalue weighted by atomic mass is 10.2. The standard InChI is InChI=1S/C15H16F3N3O2/c1-23-7-3-6-20-10-11(9-19)14(22)21-13-5-2-4-12(8-13)15(16,17)18/h2,4-5,8,10,20H,3,6-7H2,1H3,(H,21,22)/b11-10-. The lowest BCUT2D eigenvalue weighted by Gasteiger charge is -2.09. The topological polar surface area (TPSA) is 74.1 Å². The van der Waals surface area contributed by atoms with Gasteiger partial charge in [0.1, 0.15) is 11.6 Å². The average Bonchev–Trinajstić information content (AvgIpc) is 2.50. The summed E-state index contributed by atoms with van der Waals surface area (Å²) in [5.74, 6) is -0.786. The lowest BCUT2D eigenvalue weighted by Crippen LogP contribution is -2.18. The highest BCUT2D eigenvalue weighted by Gasteiger charge is 2.30. The van der Waals surface area contributed by atoms with Crippen LogP contribution >= 0.6 is 0 Å². The summed E-state index contributed by atoms with van der Waals surface area (Å²) >= 11 is 0. The van der Waals surface area contributed by atoms with Crippen LogP contribution in [0.5, 0.6) is 0 Å². The molecule has 8 heteroatoms. The Labute approximate surface area is 131 Å². The molecule has 1 aromatic carbocycles. The monoisotopic (exact) mass is 327 g/mol. The Balaban J connectivity index is 2.70. The number of amides is 1. The summed E-state index contributed by atoms with van der Waals surface area (Å²) in [4.78, 5) is 11.9. The third-order valence-electron chi connectivity index (χ3n) is 2.73. The van der Waals surface area contributed by atoms with Gasteiger partial charge in [0.15, 0.2) is 0 Å². The minimum Gasteiger partial charge on any atom is -0.390 e. The predicted molar refractivity (Wildman–Crippen MR) is 78.3 cm³/mol. The van der Waals surface area contributed by atoms with Crippen LogP contribution in [-0.2, 0) is 15.7 Å². The number of carbonyl (C=O) groups excluding carboxylic acids is 1. The Morgan fingerprint density at radius 3 is 2.78 bits per heavy atom. The van der Waals surface area contributed by atoms with Crippen molar-refractivity contribution in [3.63, 3.8) is 0 Å². The molecule has 0 spiro atoms. The van der Waals surface area contributed by atoms with Gasteiger partial charge in [-0.25, -0.2) is 0 Å². The lowest BCUT2D eigenvalue weighted by molar-refractivity contribution is -0.137. The van der Waals surface area contributed by atoms with E-state index >= 15 is 0 Å². The molecular weight excluding hydrogens is 311 g/mol. The van der Waals surface area contributed by atoms with Crippen LogP contribution in [0, 0.1) is 11.3 Å². The maximum Gasteiger partial charge on any atom is 0.416 e. The van der Waals surface area contributed by atoms with Crippen molar-refractivity contribution in [3.05, 3.63) is 41.6 Å². The number of hydrogen-bond donors (Lipinski definition) is 2. The average molecular weight is 327 g/mol. The minimum absolute atomic E-state index is 0.0367. The molecule has 2 N–H and O–H groups in total. The zero-order chi connectivity index (χ0) is 17.3. The van der Waals surface area contributed by atoms with E-state index in [0.29, 0.717) is 19.6 Å². The van der Waals surface area contributed by atoms with Crippen molar-refractivity contribution in [1.29, 1.82) is 5.26 Å². The van der Waals surface area contributed by atoms with Crippen molar-refractivity contribution in [3.8, 4) is 6.07 Å². The number of hydrogen-bond acceptors (Lipinski definition) is 4. The number of nitrogens with one attached hydrogen (secondary N) is 2. The summed E-state index contributed by atoms with van der Waals surface area (Å²) in [5.41, 5.74) is -1.15. The molecule has 0 saturated heterocycles. The largest absolute Gasteiger partial charge is 0.416 e. The smallest absolute Gasteiger partial charge is 0.390 e. The summed E-state index contributed by atoms with van der Waals surface area (Å²) in [7, 11) is 1.55. The van der Waals surface area contributed by atoms with Crippen molar-refractivity contribution in [2.24, 2.45) is 0 Å². The number of ether oxygens (including phenoxy) is 1. The molecular formula is C15H16F3N3O2. The molecule has 1 aromatic rings. The van der Waals surface area contributed by atoms with Gasteiger partial charge in [-0.15, -0.1) is 0 Å². The number of nitrogens with zero attached hydrogens (tertiary/aromatic N) is 1. The zero-order valence-electron chi connectivity index (χ0n) is 12.4. The summed E-state index contributed by atoms with van der Waals surface area (Å²) < 4.78 is 42.6. The van der Waals surface area contributed by atoms with Crippen molar-refractivity contribution in [2.45, 2.75) is 12.6 Å². The van der Waals surface area contributed by atoms with E-state index in [1.54, 1.807) is 13.2 Å². The van der Waals surface area contributed by atoms with Gasteiger partial charge in [-0.1, -0.05) is 6.07 Å². The Hall–Kier alpha value is -2.53. The highest BCUT2D eigenvalue weighted by molar-refractivity contribution is 6.06. The third-order valence-corrected chi connectivity index (χ3v) is 2.73. The molecule has 0 unspecified atom stereocenters. The van der Waals surface area contributed by atoms with Gasteiger partial charge < -0.3 is 15.4 Å². The van der Waals surface area contributed by atoms with E-state index in [4.69, 9.17) is 10.00 Å². The van der Waals surface area contributed by atoms with Crippen LogP contribution in [-0.4, -0.2) is 26.2 Å². The Morgan fingerprint density at radius 1 is 1.43 bits per heavy atom. The van der Waals surface area contributed by atoms with Crippen molar-refractivity contribution >= 4 is 11.6 Å². The first kappa shape index (κ1) is 18.5. The number of halogens is 3. The normalized spacial score (nSPS) is 11.7. The quantitative estimate of drug-likeness (QED) is 0.459. The molecule has 0 saturated carbocycles. The maximum absolute atomic E-state index is 12.6. The molecule has 1 amide bonds. The molecule has 0 radical (unpaired) electrons. The number of alkyl halides is 3. The first-order valence-electron chi connectivity index (χ1n) is 6.69. The van der Waals surface area contributed by atoms with Gasteiger partial charge in [0.2, 0.25) is 0 Å². The summed E-state index contributed by atoms with van der Waals surface area (Å²) in [6.45, 7) is 1.02. The minimum atomic E-state index is -4.50. The van der Waals surface area contributed by atoms with Crippen LogP contribution in [0.15, 0.2) is 36.0 Å². The summed E-state index contributed by atoms with van der Waals surface area (Å²) in [6, 6.07) is 5.88. The van der Waals surface area contributed by atoms with Crippen LogP contribution in [0.4, 0.5) is 18.9 Å². The van der Waals surface area contributed by atoms with Crippen LogP contribution < -0.4 is 10.6 Å². The van der Waals surface area contributed by atoms with Gasteiger partial charge in [-0.3, -0.25) is 4.79 Å². The number of nitriles is 1. The van der Waals surface area contributed by atoms with Gasteiger partial charge in [0.25, 0.3) is 5.91 Å². The number of benzene rings is 1. The number of methoxy groups -OCH3 is 1. The number of anilines is 1. The van der Waals surface area contributed by atoms with E-state index in [0.717, 1.165) is 12.1 Å². The van der Waals surface area contributed by atoms with Crippen molar-refractivity contribution in [1.82, 2.24) is 5.32 Å². The number of carbonyl (C=O) groups is 1. The fourth-order valence-corrected chi connectivity index (χ4v) is 1.61. The molecule has 0 atom stereocenters. The molecule has 0 fully saturated rings. The highest BCUT2D eigenvalue weighted by Crippen LogP contribution is 2.30. The molecule has 0 aliphatic heterocycles. The van der Waals surface area contributed by atoms with Gasteiger partial charge in [0, 0.05) is 32.1 Å². The molecule has 124 valence electrons. The van der Waals surface area contributed by atoms with Crippen LogP contribution in [0.25, 0.3) is 0 Å². The second kappa shape index (κ2) is 8.80. The van der Waals surface area contributed by atoms with E-state index in [1.165, 1.54) is 18.3 Å². The van der Waals surface area contributed by atoms with Crippen LogP contribution in [0.3, 0.4) is 0 Å². The van der Waals surface area contributed by atoms with Gasteiger partial charge in [-0.05, 0) is 24.6 Å². The molecule has 1 rings (SSSR count). The van der Waals surface area contributed by atoms with Crippen molar-refractivity contribution in [2.75, 3.05) is 25.6 Å². The summed E-state index contributed by atoms with van der Waals surface area (Å²) in [6.07, 6.45) is -2.60. The maximum atomic E-state index is 12.6. The SMILES string of the molecule is COCCCN/C=C(/C#N)C(=O)Nc1cccc(C(F)(F)F)c1. The second-order valence-electron chi connectivity index (χ2n) is 4.50. The van der Waals surface area contributed by atoms with Gasteiger partial charge in [0.05, 0.1) is 5.56 Å². The van der Waals surface area contributed by atoms with E-state index < -0.39 is 17.6 Å². The van der Waals surface area contributed by atoms with E-state index in [2.05, 4.69) is 10.6 Å². The first-order chi connectivity index (χ1) is 10.9. The molecule has 5 nitrogen and oxygen atoms in total. The molecule has 0 aromatic heterocycles. The summed E-state index contributed by atoms with van der Waals surface area (Å²) in [5, 5.41) is 14.0. The Kier molecular flexibility index (Phi) is 7.09. The third kappa shape index (κ3) is 6.40. The first-order valence-corrected chi connectivity index (χ1v) is 6.69. The van der Waals surface area contributed by atoms with Crippen molar-refractivity contribution < 1.29 is 22.7 Å². The molecule has 23 heavy (non-hydrogen) atoms. The zero-order valence-corrected chi connectivity index (χ0v) is 12.4. The highest BCUT2D eigenvalue weighted by atomic mass is 19.4. The fourth-order valence-electron chi connectivity index (χ4n) is 1.61. The second-order valence-corrected chi connectivity index (χ2v) is 4.50. The van der Waals surface area contributed by atoms with Crippen LogP contribution in [0.1, 0.15) is 12.0 Å². The predicted octanol–water partition coefficient (Wildman–Crippen LogP) is 2.68. The fraction of sp³-hybridized carbons (Fsp3) is 0.333. The van der Waals surface area contributed by atoms with E-state index in [1.807, 2.05) is 0 Å². The Bertz CT molecular complexity index is 607. The Morgan fingerprint density at radius 2 is 2.17 bits per heavy atom. The van der Waals surface area contributed by atoms with E-state index in [-0.39, 0.29) is 11.3 Å². The molecule has 0 aliphatic carbocycles.